The molecule has 6 rings (SSSR count). The fourth-order valence-electron chi connectivity index (χ4n) is 6.94. The van der Waals surface area contributed by atoms with E-state index in [1.165, 1.54) is 19.3 Å². The van der Waals surface area contributed by atoms with Crippen molar-refractivity contribution in [3.05, 3.63) is 23.3 Å². The molecule has 1 unspecified atom stereocenters. The molecule has 2 saturated carbocycles. The Labute approximate surface area is 163 Å². The number of rotatable bonds is 3. The summed E-state index contributed by atoms with van der Waals surface area (Å²) in [5.74, 6) is -1.33. The van der Waals surface area contributed by atoms with Crippen molar-refractivity contribution >= 4 is 0 Å². The van der Waals surface area contributed by atoms with E-state index in [0.717, 1.165) is 24.2 Å². The molecule has 6 heteroatoms. The Kier molecular flexibility index (Phi) is 3.36. The second-order valence-electron chi connectivity index (χ2n) is 9.55. The smallest absolute Gasteiger partial charge is 0.285 e. The van der Waals surface area contributed by atoms with Gasteiger partial charge in [-0.05, 0) is 56.2 Å². The van der Waals surface area contributed by atoms with E-state index in [9.17, 15) is 5.11 Å². The lowest BCUT2D eigenvalue weighted by Crippen LogP contribution is -2.78. The molecule has 1 aromatic rings. The summed E-state index contributed by atoms with van der Waals surface area (Å²) in [6.07, 6.45) is 3.47. The van der Waals surface area contributed by atoms with Crippen molar-refractivity contribution in [2.75, 3.05) is 20.2 Å². The van der Waals surface area contributed by atoms with Crippen LogP contribution in [0, 0.1) is 5.92 Å². The number of methoxy groups -OCH3 is 1. The second-order valence-corrected chi connectivity index (χ2v) is 9.55. The van der Waals surface area contributed by atoms with Gasteiger partial charge in [-0.15, -0.1) is 0 Å². The van der Waals surface area contributed by atoms with Gasteiger partial charge in [0.05, 0.1) is 18.1 Å². The number of piperidine rings is 1. The Hall–Kier alpha value is -1.40. The Bertz CT molecular complexity index is 841. The fourth-order valence-corrected chi connectivity index (χ4v) is 6.94. The summed E-state index contributed by atoms with van der Waals surface area (Å²) in [5.41, 5.74) is -0.360. The molecule has 2 bridgehead atoms. The standard InChI is InChI=1S/C22H27F2NO3/c1-27-15-6-5-14-11-16-21(26)7-8-22(23,24)19-20(21,17(14)18(15)28-19)9-10-25(16)12-13-3-2-4-13/h5-6,13,16,19,26H,2-4,7-12H2,1H3/t16-,19?,20+,21-/m1/s1. The highest BCUT2D eigenvalue weighted by atomic mass is 19.3. The van der Waals surface area contributed by atoms with Crippen molar-refractivity contribution in [1.82, 2.24) is 4.90 Å². The number of hydrogen-bond acceptors (Lipinski definition) is 4. The molecule has 2 heterocycles. The number of halogens is 2. The molecule has 1 spiro atoms. The second kappa shape index (κ2) is 5.39. The maximum atomic E-state index is 15.1. The number of aliphatic hydroxyl groups is 1. The maximum Gasteiger partial charge on any atom is 0.285 e. The van der Waals surface area contributed by atoms with Gasteiger partial charge >= 0.3 is 0 Å². The Morgan fingerprint density at radius 3 is 2.79 bits per heavy atom. The van der Waals surface area contributed by atoms with Crippen molar-refractivity contribution in [2.24, 2.45) is 5.92 Å². The van der Waals surface area contributed by atoms with Gasteiger partial charge in [0.15, 0.2) is 17.6 Å². The lowest BCUT2D eigenvalue weighted by atomic mass is 9.48. The first kappa shape index (κ1) is 17.5. The van der Waals surface area contributed by atoms with E-state index in [2.05, 4.69) is 4.90 Å². The predicted molar refractivity (Wildman–Crippen MR) is 99.2 cm³/mol. The van der Waals surface area contributed by atoms with Gasteiger partial charge in [0.25, 0.3) is 5.92 Å². The molecule has 28 heavy (non-hydrogen) atoms. The zero-order valence-corrected chi connectivity index (χ0v) is 16.2. The average Bonchev–Trinajstić information content (AvgIpc) is 2.99. The highest BCUT2D eigenvalue weighted by Crippen LogP contribution is 2.67. The number of nitrogens with zero attached hydrogens (tertiary/aromatic N) is 1. The molecule has 1 aromatic carbocycles. The molecular weight excluding hydrogens is 364 g/mol. The summed E-state index contributed by atoms with van der Waals surface area (Å²) >= 11 is 0. The Morgan fingerprint density at radius 1 is 1.25 bits per heavy atom. The van der Waals surface area contributed by atoms with E-state index < -0.39 is 23.0 Å². The minimum atomic E-state index is -2.95. The van der Waals surface area contributed by atoms with Crippen LogP contribution in [0.4, 0.5) is 8.78 Å². The van der Waals surface area contributed by atoms with Crippen LogP contribution in [0.25, 0.3) is 0 Å². The third kappa shape index (κ3) is 1.87. The zero-order valence-electron chi connectivity index (χ0n) is 16.2. The summed E-state index contributed by atoms with van der Waals surface area (Å²) in [7, 11) is 1.54. The fraction of sp³-hybridized carbons (Fsp3) is 0.727. The van der Waals surface area contributed by atoms with E-state index in [1.807, 2.05) is 12.1 Å². The van der Waals surface area contributed by atoms with Gasteiger partial charge in [-0.1, -0.05) is 12.5 Å². The van der Waals surface area contributed by atoms with Crippen LogP contribution in [-0.2, 0) is 11.8 Å². The minimum Gasteiger partial charge on any atom is -0.493 e. The van der Waals surface area contributed by atoms with Crippen LogP contribution in [0.2, 0.25) is 0 Å². The zero-order chi connectivity index (χ0) is 19.3. The quantitative estimate of drug-likeness (QED) is 0.859. The number of alkyl halides is 2. The molecule has 2 aliphatic heterocycles. The first-order chi connectivity index (χ1) is 13.4. The summed E-state index contributed by atoms with van der Waals surface area (Å²) < 4.78 is 41.7. The van der Waals surface area contributed by atoms with Crippen LogP contribution in [0.1, 0.15) is 49.7 Å². The monoisotopic (exact) mass is 391 g/mol. The Balaban J connectivity index is 1.53. The first-order valence-corrected chi connectivity index (χ1v) is 10.6. The van der Waals surface area contributed by atoms with Crippen LogP contribution < -0.4 is 9.47 Å². The SMILES string of the molecule is COc1ccc2c3c1OC1C(F)(F)CC[C@@]4(O)[C@@H](C2)N(CC2CCC2)CC[C@]314. The minimum absolute atomic E-state index is 0.115. The number of benzene rings is 1. The molecule has 0 aromatic heterocycles. The van der Waals surface area contributed by atoms with Crippen molar-refractivity contribution in [1.29, 1.82) is 0 Å². The van der Waals surface area contributed by atoms with Crippen LogP contribution >= 0.6 is 0 Å². The van der Waals surface area contributed by atoms with E-state index in [-0.39, 0.29) is 18.9 Å². The van der Waals surface area contributed by atoms with E-state index >= 15 is 8.78 Å². The molecule has 1 N–H and O–H groups in total. The molecule has 0 radical (unpaired) electrons. The topological polar surface area (TPSA) is 41.9 Å². The van der Waals surface area contributed by atoms with Crippen molar-refractivity contribution in [3.63, 3.8) is 0 Å². The Morgan fingerprint density at radius 2 is 2.07 bits per heavy atom. The molecule has 152 valence electrons. The third-order valence-corrected chi connectivity index (χ3v) is 8.47. The number of ether oxygens (including phenoxy) is 2. The summed E-state index contributed by atoms with van der Waals surface area (Å²) in [4.78, 5) is 2.40. The lowest BCUT2D eigenvalue weighted by molar-refractivity contribution is -0.249. The molecule has 1 saturated heterocycles. The highest BCUT2D eigenvalue weighted by Gasteiger charge is 2.77. The molecule has 4 atom stereocenters. The van der Waals surface area contributed by atoms with Gasteiger partial charge < -0.3 is 14.6 Å². The van der Waals surface area contributed by atoms with E-state index in [1.54, 1.807) is 7.11 Å². The molecule has 3 fully saturated rings. The molecule has 5 aliphatic rings. The summed E-state index contributed by atoms with van der Waals surface area (Å²) in [6.45, 7) is 1.72. The van der Waals surface area contributed by atoms with Gasteiger partial charge in [-0.2, -0.15) is 0 Å². The molecular formula is C22H27F2NO3. The van der Waals surface area contributed by atoms with Crippen LogP contribution in [0.5, 0.6) is 11.5 Å². The number of likely N-dealkylation sites (tertiary alicyclic amines) is 1. The largest absolute Gasteiger partial charge is 0.493 e. The third-order valence-electron chi connectivity index (χ3n) is 8.47. The molecule has 0 amide bonds. The maximum absolute atomic E-state index is 15.1. The van der Waals surface area contributed by atoms with Gasteiger partial charge in [-0.25, -0.2) is 8.78 Å². The van der Waals surface area contributed by atoms with Crippen molar-refractivity contribution in [2.45, 2.75) is 74.0 Å². The van der Waals surface area contributed by atoms with Crippen molar-refractivity contribution < 1.29 is 23.4 Å². The van der Waals surface area contributed by atoms with Crippen LogP contribution in [0.3, 0.4) is 0 Å². The lowest BCUT2D eigenvalue weighted by Gasteiger charge is -2.64. The average molecular weight is 391 g/mol. The van der Waals surface area contributed by atoms with Gasteiger partial charge in [0.2, 0.25) is 0 Å². The van der Waals surface area contributed by atoms with Gasteiger partial charge in [0.1, 0.15) is 0 Å². The normalized spacial score (nSPS) is 40.4. The summed E-state index contributed by atoms with van der Waals surface area (Å²) in [6, 6.07) is 3.71. The summed E-state index contributed by atoms with van der Waals surface area (Å²) in [5, 5.41) is 12.1. The highest BCUT2D eigenvalue weighted by molar-refractivity contribution is 5.63. The van der Waals surface area contributed by atoms with Crippen LogP contribution in [0.15, 0.2) is 12.1 Å². The van der Waals surface area contributed by atoms with Gasteiger partial charge in [-0.3, -0.25) is 4.90 Å². The van der Waals surface area contributed by atoms with Crippen molar-refractivity contribution in [3.8, 4) is 11.5 Å². The predicted octanol–water partition coefficient (Wildman–Crippen LogP) is 3.28. The van der Waals surface area contributed by atoms with E-state index in [0.29, 0.717) is 30.3 Å². The first-order valence-electron chi connectivity index (χ1n) is 10.6. The molecule has 4 nitrogen and oxygen atoms in total. The van der Waals surface area contributed by atoms with E-state index in [4.69, 9.17) is 9.47 Å². The molecule has 3 aliphatic carbocycles. The van der Waals surface area contributed by atoms with Crippen LogP contribution in [-0.4, -0.2) is 53.9 Å². The van der Waals surface area contributed by atoms with Gasteiger partial charge in [0, 0.05) is 24.6 Å². The number of hydrogen-bond donors (Lipinski definition) is 1.